The molecule has 3 nitrogen and oxygen atoms in total. The van der Waals surface area contributed by atoms with E-state index in [1.54, 1.807) is 0 Å². The fourth-order valence-electron chi connectivity index (χ4n) is 7.19. The monoisotopic (exact) mass is 548 g/mol. The van der Waals surface area contributed by atoms with E-state index in [-0.39, 0.29) is 0 Å². The number of hydrogen-bond acceptors (Lipinski definition) is 1. The molecule has 7 aromatic carbocycles. The van der Waals surface area contributed by atoms with Crippen molar-refractivity contribution in [3.05, 3.63) is 146 Å². The Hall–Kier alpha value is -5.80. The maximum atomic E-state index is 6.54. The summed E-state index contributed by atoms with van der Waals surface area (Å²) in [7, 11) is 0. The lowest BCUT2D eigenvalue weighted by atomic mass is 10.1. The molecule has 3 heterocycles. The molecule has 0 N–H and O–H groups in total. The van der Waals surface area contributed by atoms with Gasteiger partial charge >= 0.3 is 0 Å². The molecule has 0 aliphatic rings. The molecule has 3 aromatic heterocycles. The molecule has 0 radical (unpaired) electrons. The standard InChI is InChI=1S/C40H24N2O/c1-2-11-26-22-27(21-20-25(26)10-1)41-34-16-6-3-12-28(34)32-24-38-33(23-37(32)41)29-13-4-7-17-35(29)42(38)36-18-9-15-31-30-14-5-8-19-39(30)43-40(31)36/h1-24H. The number of nitrogens with zero attached hydrogens (tertiary/aromatic N) is 2. The van der Waals surface area contributed by atoms with E-state index >= 15 is 0 Å². The van der Waals surface area contributed by atoms with Gasteiger partial charge in [0.25, 0.3) is 0 Å². The van der Waals surface area contributed by atoms with Crippen molar-refractivity contribution >= 4 is 76.3 Å². The van der Waals surface area contributed by atoms with Crippen LogP contribution in [0.25, 0.3) is 87.7 Å². The molecule has 0 spiro atoms. The Morgan fingerprint density at radius 3 is 1.77 bits per heavy atom. The Labute approximate surface area is 246 Å². The van der Waals surface area contributed by atoms with Crippen LogP contribution < -0.4 is 0 Å². The number of benzene rings is 7. The summed E-state index contributed by atoms with van der Waals surface area (Å²) in [5, 5.41) is 9.68. The highest BCUT2D eigenvalue weighted by Gasteiger charge is 2.20. The van der Waals surface area contributed by atoms with Crippen LogP contribution >= 0.6 is 0 Å². The number of furan rings is 1. The second-order valence-electron chi connectivity index (χ2n) is 11.4. The SMILES string of the molecule is c1ccc2cc(-n3c4ccccc4c4cc5c(cc43)c3ccccc3n5-c3cccc4c3oc3ccccc34)ccc2c1. The summed E-state index contributed by atoms with van der Waals surface area (Å²) in [6.45, 7) is 0. The molecular formula is C40H24N2O. The van der Waals surface area contributed by atoms with E-state index in [0.29, 0.717) is 0 Å². The molecule has 10 rings (SSSR count). The predicted molar refractivity (Wildman–Crippen MR) is 180 cm³/mol. The van der Waals surface area contributed by atoms with Gasteiger partial charge in [-0.25, -0.2) is 0 Å². The highest BCUT2D eigenvalue weighted by molar-refractivity contribution is 6.20. The van der Waals surface area contributed by atoms with Crippen LogP contribution in [0.4, 0.5) is 0 Å². The normalized spacial score (nSPS) is 12.2. The van der Waals surface area contributed by atoms with Crippen molar-refractivity contribution in [3.8, 4) is 11.4 Å². The third kappa shape index (κ3) is 3.08. The molecule has 0 aliphatic heterocycles. The maximum absolute atomic E-state index is 6.54. The van der Waals surface area contributed by atoms with Gasteiger partial charge in [-0.2, -0.15) is 0 Å². The van der Waals surface area contributed by atoms with Crippen LogP contribution in [0.2, 0.25) is 0 Å². The van der Waals surface area contributed by atoms with Gasteiger partial charge in [0.2, 0.25) is 0 Å². The lowest BCUT2D eigenvalue weighted by Gasteiger charge is -2.10. The Morgan fingerprint density at radius 2 is 0.977 bits per heavy atom. The zero-order valence-corrected chi connectivity index (χ0v) is 23.2. The second kappa shape index (κ2) is 8.37. The zero-order chi connectivity index (χ0) is 28.1. The average Bonchev–Trinajstić information content (AvgIpc) is 3.71. The van der Waals surface area contributed by atoms with Crippen molar-refractivity contribution in [1.29, 1.82) is 0 Å². The molecule has 0 bridgehead atoms. The minimum atomic E-state index is 0.907. The van der Waals surface area contributed by atoms with Crippen molar-refractivity contribution in [2.24, 2.45) is 0 Å². The summed E-state index contributed by atoms with van der Waals surface area (Å²) in [6.07, 6.45) is 0. The Kier molecular flexibility index (Phi) is 4.45. The van der Waals surface area contributed by atoms with Crippen LogP contribution in [0.15, 0.2) is 150 Å². The van der Waals surface area contributed by atoms with Crippen molar-refractivity contribution in [1.82, 2.24) is 9.13 Å². The minimum Gasteiger partial charge on any atom is -0.454 e. The number of hydrogen-bond donors (Lipinski definition) is 0. The molecule has 0 aliphatic carbocycles. The number of para-hydroxylation sites is 4. The van der Waals surface area contributed by atoms with Crippen LogP contribution in [-0.4, -0.2) is 9.13 Å². The Balaban J connectivity index is 1.35. The van der Waals surface area contributed by atoms with Gasteiger partial charge in [-0.1, -0.05) is 97.1 Å². The predicted octanol–water partition coefficient (Wildman–Crippen LogP) is 10.9. The van der Waals surface area contributed by atoms with Gasteiger partial charge in [0.05, 0.1) is 27.8 Å². The topological polar surface area (TPSA) is 23.0 Å². The molecule has 43 heavy (non-hydrogen) atoms. The molecule has 200 valence electrons. The Morgan fingerprint density at radius 1 is 0.372 bits per heavy atom. The van der Waals surface area contributed by atoms with Crippen molar-refractivity contribution in [2.75, 3.05) is 0 Å². The first-order valence-corrected chi connectivity index (χ1v) is 14.7. The van der Waals surface area contributed by atoms with E-state index in [4.69, 9.17) is 4.42 Å². The van der Waals surface area contributed by atoms with Gasteiger partial charge in [0, 0.05) is 38.0 Å². The summed E-state index contributed by atoms with van der Waals surface area (Å²) in [6, 6.07) is 52.4. The van der Waals surface area contributed by atoms with Gasteiger partial charge < -0.3 is 13.6 Å². The number of aromatic nitrogens is 2. The van der Waals surface area contributed by atoms with Gasteiger partial charge in [-0.05, 0) is 59.3 Å². The van der Waals surface area contributed by atoms with Gasteiger partial charge in [0.1, 0.15) is 5.58 Å². The molecule has 10 aromatic rings. The molecule has 3 heteroatoms. The first kappa shape index (κ1) is 22.8. The highest BCUT2D eigenvalue weighted by atomic mass is 16.3. The van der Waals surface area contributed by atoms with E-state index in [2.05, 4.69) is 149 Å². The second-order valence-corrected chi connectivity index (χ2v) is 11.4. The molecule has 0 amide bonds. The van der Waals surface area contributed by atoms with E-state index in [1.807, 2.05) is 6.07 Å². The van der Waals surface area contributed by atoms with E-state index < -0.39 is 0 Å². The first-order valence-electron chi connectivity index (χ1n) is 14.7. The largest absolute Gasteiger partial charge is 0.454 e. The average molecular weight is 549 g/mol. The molecule has 0 unspecified atom stereocenters. The van der Waals surface area contributed by atoms with E-state index in [0.717, 1.165) is 27.6 Å². The fraction of sp³-hybridized carbons (Fsp3) is 0. The summed E-state index contributed by atoms with van der Waals surface area (Å²) in [4.78, 5) is 0. The number of rotatable bonds is 2. The van der Waals surface area contributed by atoms with Gasteiger partial charge in [-0.15, -0.1) is 0 Å². The van der Waals surface area contributed by atoms with Crippen LogP contribution in [0, 0.1) is 0 Å². The minimum absolute atomic E-state index is 0.907. The Bertz CT molecular complexity index is 2740. The van der Waals surface area contributed by atoms with Gasteiger partial charge in [0.15, 0.2) is 5.58 Å². The van der Waals surface area contributed by atoms with Crippen molar-refractivity contribution in [3.63, 3.8) is 0 Å². The first-order chi connectivity index (χ1) is 21.3. The fourth-order valence-corrected chi connectivity index (χ4v) is 7.19. The zero-order valence-electron chi connectivity index (χ0n) is 23.2. The molecule has 0 fully saturated rings. The lowest BCUT2D eigenvalue weighted by Crippen LogP contribution is -1.95. The van der Waals surface area contributed by atoms with Crippen molar-refractivity contribution < 1.29 is 4.42 Å². The van der Waals surface area contributed by atoms with Crippen LogP contribution in [0.3, 0.4) is 0 Å². The quantitative estimate of drug-likeness (QED) is 0.211. The summed E-state index contributed by atoms with van der Waals surface area (Å²) in [5.74, 6) is 0. The summed E-state index contributed by atoms with van der Waals surface area (Å²) >= 11 is 0. The van der Waals surface area contributed by atoms with E-state index in [1.165, 1.54) is 60.1 Å². The lowest BCUT2D eigenvalue weighted by molar-refractivity contribution is 0.666. The molecule has 0 saturated heterocycles. The van der Waals surface area contributed by atoms with Crippen LogP contribution in [-0.2, 0) is 0 Å². The third-order valence-electron chi connectivity index (χ3n) is 9.08. The molecule has 0 atom stereocenters. The van der Waals surface area contributed by atoms with Crippen LogP contribution in [0.5, 0.6) is 0 Å². The van der Waals surface area contributed by atoms with Crippen molar-refractivity contribution in [2.45, 2.75) is 0 Å². The molecule has 0 saturated carbocycles. The smallest absolute Gasteiger partial charge is 0.159 e. The molecular weight excluding hydrogens is 524 g/mol. The van der Waals surface area contributed by atoms with Gasteiger partial charge in [-0.3, -0.25) is 0 Å². The third-order valence-corrected chi connectivity index (χ3v) is 9.08. The number of fused-ring (bicyclic) bond motifs is 10. The van der Waals surface area contributed by atoms with Crippen LogP contribution in [0.1, 0.15) is 0 Å². The highest BCUT2D eigenvalue weighted by Crippen LogP contribution is 2.41. The summed E-state index contributed by atoms with van der Waals surface area (Å²) < 4.78 is 11.3. The summed E-state index contributed by atoms with van der Waals surface area (Å²) in [5.41, 5.74) is 8.78. The maximum Gasteiger partial charge on any atom is 0.159 e. The van der Waals surface area contributed by atoms with E-state index in [9.17, 15) is 0 Å².